The normalized spacial score (nSPS) is 13.3. The Morgan fingerprint density at radius 2 is 2.00 bits per heavy atom. The molecule has 0 aromatic carbocycles. The van der Waals surface area contributed by atoms with Crippen molar-refractivity contribution in [2.45, 2.75) is 13.2 Å². The van der Waals surface area contributed by atoms with E-state index in [1.807, 2.05) is 0 Å². The van der Waals surface area contributed by atoms with Crippen LogP contribution in [0.1, 0.15) is 6.92 Å². The summed E-state index contributed by atoms with van der Waals surface area (Å²) in [5, 5.41) is 14.1. The lowest BCUT2D eigenvalue weighted by molar-refractivity contribution is -0.131. The lowest BCUT2D eigenvalue weighted by Crippen LogP contribution is -2.52. The van der Waals surface area contributed by atoms with Gasteiger partial charge in [0.1, 0.15) is 6.29 Å². The van der Waals surface area contributed by atoms with Crippen LogP contribution in [0.3, 0.4) is 0 Å². The van der Waals surface area contributed by atoms with Crippen LogP contribution in [-0.2, 0) is 4.79 Å². The number of amides is 1. The number of rotatable bonds is 3. The number of carbonyl (C=O) groups is 1. The van der Waals surface area contributed by atoms with E-state index in [9.17, 15) is 10.0 Å². The summed E-state index contributed by atoms with van der Waals surface area (Å²) in [7, 11) is 5.06. The molecule has 0 saturated carbocycles. The van der Waals surface area contributed by atoms with E-state index in [0.717, 1.165) is 0 Å². The second-order valence-electron chi connectivity index (χ2n) is 2.47. The Bertz CT molecular complexity index is 138. The van der Waals surface area contributed by atoms with Crippen molar-refractivity contribution < 1.29 is 4.79 Å². The Morgan fingerprint density at radius 3 is 2.09 bits per heavy atom. The summed E-state index contributed by atoms with van der Waals surface area (Å²) in [5.74, 6) is -0.502. The van der Waals surface area contributed by atoms with Crippen molar-refractivity contribution in [1.29, 1.82) is 0 Å². The molecule has 0 fully saturated rings. The average Bonchev–Trinajstić information content (AvgIpc) is 1.88. The number of nitrogens with zero attached hydrogens (tertiary/aromatic N) is 2. The van der Waals surface area contributed by atoms with Gasteiger partial charge in [-0.1, -0.05) is 0 Å². The molecular weight excluding hydrogens is 146 g/mol. The van der Waals surface area contributed by atoms with Gasteiger partial charge in [0.15, 0.2) is 0 Å². The highest BCUT2D eigenvalue weighted by molar-refractivity contribution is 5.73. The number of hydrogen-bond acceptors (Lipinski definition) is 4. The highest BCUT2D eigenvalue weighted by Gasteiger charge is 2.11. The molecule has 0 aliphatic rings. The molecule has 1 N–H and O–H groups in total. The third-order valence-corrected chi connectivity index (χ3v) is 1.28. The van der Waals surface area contributed by atoms with E-state index in [1.165, 1.54) is 6.92 Å². The quantitative estimate of drug-likeness (QED) is 0.442. The van der Waals surface area contributed by atoms with Crippen molar-refractivity contribution in [2.75, 3.05) is 21.1 Å². The van der Waals surface area contributed by atoms with E-state index in [2.05, 4.69) is 5.32 Å². The van der Waals surface area contributed by atoms with E-state index in [1.54, 1.807) is 26.0 Å². The number of carbonyl (C=O) groups excluding carboxylic acids is 1. The Labute approximate surface area is 66.5 Å². The molecule has 1 amide bonds. The molecule has 0 spiro atoms. The molecule has 0 rings (SSSR count). The van der Waals surface area contributed by atoms with Gasteiger partial charge in [0.05, 0.1) is 0 Å². The fraction of sp³-hybridized carbons (Fsp3) is 0.833. The van der Waals surface area contributed by atoms with Gasteiger partial charge >= 0.3 is 0 Å². The smallest absolute Gasteiger partial charge is 0.211 e. The molecule has 1 unspecified atom stereocenters. The highest BCUT2D eigenvalue weighted by atomic mass is 16.5. The SMILES string of the molecule is CNC(N(C)C)N([O-])C(C)=O. The topological polar surface area (TPSA) is 58.6 Å². The number of hydrogen-bond donors (Lipinski definition) is 1. The van der Waals surface area contributed by atoms with Crippen molar-refractivity contribution in [3.05, 3.63) is 5.21 Å². The summed E-state index contributed by atoms with van der Waals surface area (Å²) in [4.78, 5) is 12.2. The van der Waals surface area contributed by atoms with Gasteiger partial charge in [-0.15, -0.1) is 0 Å². The number of hydroxylamine groups is 2. The first-order chi connectivity index (χ1) is 5.00. The zero-order valence-electron chi connectivity index (χ0n) is 7.29. The van der Waals surface area contributed by atoms with E-state index >= 15 is 0 Å². The summed E-state index contributed by atoms with van der Waals surface area (Å²) < 4.78 is 0. The summed E-state index contributed by atoms with van der Waals surface area (Å²) in [5.41, 5.74) is 0. The Kier molecular flexibility index (Phi) is 4.02. The molecule has 5 heteroatoms. The van der Waals surface area contributed by atoms with Crippen LogP contribution in [0, 0.1) is 5.21 Å². The van der Waals surface area contributed by atoms with E-state index in [0.29, 0.717) is 5.06 Å². The molecule has 11 heavy (non-hydrogen) atoms. The lowest BCUT2D eigenvalue weighted by atomic mass is 10.6. The first-order valence-corrected chi connectivity index (χ1v) is 3.31. The molecule has 0 saturated heterocycles. The maximum absolute atomic E-state index is 11.0. The second kappa shape index (κ2) is 4.27. The highest BCUT2D eigenvalue weighted by Crippen LogP contribution is 1.96. The predicted octanol–water partition coefficient (Wildman–Crippen LogP) is -0.603. The van der Waals surface area contributed by atoms with Gasteiger partial charge in [0, 0.05) is 6.92 Å². The molecule has 5 nitrogen and oxygen atoms in total. The van der Waals surface area contributed by atoms with Crippen LogP contribution >= 0.6 is 0 Å². The van der Waals surface area contributed by atoms with Crippen LogP contribution in [0.2, 0.25) is 0 Å². The zero-order valence-corrected chi connectivity index (χ0v) is 7.29. The molecule has 1 atom stereocenters. The standard InChI is InChI=1S/C6H14N3O2/c1-5(10)9(11)6(7-2)8(3)4/h6-7H,1-4H3/q-1. The van der Waals surface area contributed by atoms with Gasteiger partial charge in [0.2, 0.25) is 5.91 Å². The van der Waals surface area contributed by atoms with Gasteiger partial charge in [-0.25, -0.2) is 0 Å². The van der Waals surface area contributed by atoms with Crippen molar-refractivity contribution in [2.24, 2.45) is 0 Å². The average molecular weight is 160 g/mol. The molecule has 0 aromatic heterocycles. The molecule has 0 bridgehead atoms. The lowest BCUT2D eigenvalue weighted by Gasteiger charge is -2.39. The first-order valence-electron chi connectivity index (χ1n) is 3.31. The van der Waals surface area contributed by atoms with Crippen molar-refractivity contribution in [3.8, 4) is 0 Å². The first kappa shape index (κ1) is 10.3. The largest absolute Gasteiger partial charge is 0.754 e. The molecule has 0 aliphatic heterocycles. The molecule has 66 valence electrons. The second-order valence-corrected chi connectivity index (χ2v) is 2.47. The van der Waals surface area contributed by atoms with Crippen LogP contribution in [0.5, 0.6) is 0 Å². The number of nitrogens with one attached hydrogen (secondary N) is 1. The zero-order chi connectivity index (χ0) is 9.02. The van der Waals surface area contributed by atoms with Crippen LogP contribution in [-0.4, -0.2) is 43.3 Å². The van der Waals surface area contributed by atoms with E-state index < -0.39 is 12.2 Å². The van der Waals surface area contributed by atoms with Gasteiger partial charge in [-0.05, 0) is 21.1 Å². The molecule has 0 aliphatic carbocycles. The Balaban J connectivity index is 4.13. The molecule has 0 aromatic rings. The predicted molar refractivity (Wildman–Crippen MR) is 42.4 cm³/mol. The van der Waals surface area contributed by atoms with Crippen molar-refractivity contribution in [1.82, 2.24) is 15.3 Å². The summed E-state index contributed by atoms with van der Waals surface area (Å²) >= 11 is 0. The fourth-order valence-corrected chi connectivity index (χ4v) is 0.757. The fourth-order valence-electron chi connectivity index (χ4n) is 0.757. The van der Waals surface area contributed by atoms with Gasteiger partial charge in [-0.2, -0.15) is 0 Å². The van der Waals surface area contributed by atoms with Gasteiger partial charge < -0.3 is 10.3 Å². The Hall–Kier alpha value is -0.650. The van der Waals surface area contributed by atoms with Crippen LogP contribution < -0.4 is 5.32 Å². The minimum atomic E-state index is -0.576. The molecule has 0 radical (unpaired) electrons. The minimum Gasteiger partial charge on any atom is -0.754 e. The maximum Gasteiger partial charge on any atom is 0.211 e. The van der Waals surface area contributed by atoms with E-state index in [-0.39, 0.29) is 0 Å². The Morgan fingerprint density at radius 1 is 1.55 bits per heavy atom. The van der Waals surface area contributed by atoms with Crippen molar-refractivity contribution >= 4 is 5.91 Å². The summed E-state index contributed by atoms with van der Waals surface area (Å²) in [6.45, 7) is 1.24. The van der Waals surface area contributed by atoms with Crippen LogP contribution in [0.15, 0.2) is 0 Å². The monoisotopic (exact) mass is 160 g/mol. The van der Waals surface area contributed by atoms with E-state index in [4.69, 9.17) is 0 Å². The maximum atomic E-state index is 11.0. The minimum absolute atomic E-state index is 0.389. The van der Waals surface area contributed by atoms with Gasteiger partial charge in [0.25, 0.3) is 0 Å². The van der Waals surface area contributed by atoms with Gasteiger partial charge in [-0.3, -0.25) is 15.0 Å². The molecule has 0 heterocycles. The van der Waals surface area contributed by atoms with Crippen LogP contribution in [0.25, 0.3) is 0 Å². The third-order valence-electron chi connectivity index (χ3n) is 1.28. The third kappa shape index (κ3) is 2.83. The van der Waals surface area contributed by atoms with Crippen LogP contribution in [0.4, 0.5) is 0 Å². The summed E-state index contributed by atoms with van der Waals surface area (Å²) in [6.07, 6.45) is -0.576. The summed E-state index contributed by atoms with van der Waals surface area (Å²) in [6, 6.07) is 0. The molecular formula is C6H14N3O2-. The van der Waals surface area contributed by atoms with Crippen molar-refractivity contribution in [3.63, 3.8) is 0 Å².